The van der Waals surface area contributed by atoms with E-state index >= 15 is 0 Å². The van der Waals surface area contributed by atoms with Crippen molar-refractivity contribution in [1.29, 1.82) is 0 Å². The van der Waals surface area contributed by atoms with Gasteiger partial charge in [0.05, 0.1) is 5.52 Å². The topological polar surface area (TPSA) is 84.0 Å². The first-order valence-corrected chi connectivity index (χ1v) is 5.32. The molecule has 1 aromatic heterocycles. The highest BCUT2D eigenvalue weighted by atomic mass is 16.4. The zero-order valence-electron chi connectivity index (χ0n) is 8.95. The van der Waals surface area contributed by atoms with Crippen LogP contribution in [0.1, 0.15) is 5.56 Å². The van der Waals surface area contributed by atoms with Crippen molar-refractivity contribution in [3.05, 3.63) is 34.3 Å². The molecule has 0 bridgehead atoms. The Labute approximate surface area is 92.6 Å². The Morgan fingerprint density at radius 1 is 1.38 bits per heavy atom. The molecule has 4 N–H and O–H groups in total. The van der Waals surface area contributed by atoms with E-state index in [9.17, 15) is 4.79 Å². The molecule has 2 rings (SSSR count). The van der Waals surface area contributed by atoms with Crippen LogP contribution in [0.25, 0.3) is 11.1 Å². The lowest BCUT2D eigenvalue weighted by Crippen LogP contribution is -2.24. The van der Waals surface area contributed by atoms with Gasteiger partial charge in [0.25, 0.3) is 0 Å². The Morgan fingerprint density at radius 2 is 2.25 bits per heavy atom. The summed E-state index contributed by atoms with van der Waals surface area (Å²) in [5.41, 5.74) is 7.86. The Kier molecular flexibility index (Phi) is 3.38. The Morgan fingerprint density at radius 3 is 3.06 bits per heavy atom. The number of hydrogen-bond acceptors (Lipinski definition) is 4. The fraction of sp³-hybridized carbons (Fsp3) is 0.364. The molecule has 1 aromatic carbocycles. The smallest absolute Gasteiger partial charge is 0.408 e. The SMILES string of the molecule is NCCNCCc1ccc2[nH]c(=O)oc2c1. The van der Waals surface area contributed by atoms with E-state index in [-0.39, 0.29) is 0 Å². The van der Waals surface area contributed by atoms with Gasteiger partial charge in [-0.05, 0) is 30.7 Å². The molecule has 5 nitrogen and oxygen atoms in total. The summed E-state index contributed by atoms with van der Waals surface area (Å²) in [4.78, 5) is 13.6. The van der Waals surface area contributed by atoms with E-state index in [1.165, 1.54) is 0 Å². The normalized spacial score (nSPS) is 11.1. The van der Waals surface area contributed by atoms with E-state index in [0.29, 0.717) is 12.1 Å². The summed E-state index contributed by atoms with van der Waals surface area (Å²) in [6, 6.07) is 5.73. The van der Waals surface area contributed by atoms with Crippen molar-refractivity contribution in [1.82, 2.24) is 10.3 Å². The molecule has 0 saturated heterocycles. The number of aromatic amines is 1. The molecule has 0 aliphatic heterocycles. The lowest BCUT2D eigenvalue weighted by molar-refractivity contribution is 0.555. The van der Waals surface area contributed by atoms with E-state index in [2.05, 4.69) is 10.3 Å². The Balaban J connectivity index is 2.04. The van der Waals surface area contributed by atoms with Crippen molar-refractivity contribution in [2.24, 2.45) is 5.73 Å². The van der Waals surface area contributed by atoms with Gasteiger partial charge < -0.3 is 15.5 Å². The molecule has 5 heteroatoms. The molecule has 1 heterocycles. The highest BCUT2D eigenvalue weighted by Crippen LogP contribution is 2.12. The number of nitrogens with two attached hydrogens (primary N) is 1. The summed E-state index contributed by atoms with van der Waals surface area (Å²) in [6.07, 6.45) is 0.894. The molecule has 0 spiro atoms. The van der Waals surface area contributed by atoms with Crippen LogP contribution in [0.4, 0.5) is 0 Å². The Bertz CT molecular complexity index is 515. The summed E-state index contributed by atoms with van der Waals surface area (Å²) in [7, 11) is 0. The van der Waals surface area contributed by atoms with Crippen LogP contribution in [-0.2, 0) is 6.42 Å². The first-order chi connectivity index (χ1) is 7.79. The Hall–Kier alpha value is -1.59. The molecule has 0 saturated carbocycles. The van der Waals surface area contributed by atoms with Crippen molar-refractivity contribution in [3.8, 4) is 0 Å². The first kappa shape index (κ1) is 10.9. The molecule has 0 radical (unpaired) electrons. The predicted molar refractivity (Wildman–Crippen MR) is 62.5 cm³/mol. The summed E-state index contributed by atoms with van der Waals surface area (Å²) in [6.45, 7) is 2.34. The standard InChI is InChI=1S/C11H15N3O2/c12-4-6-13-5-3-8-1-2-9-10(7-8)16-11(15)14-9/h1-2,7,13H,3-6,12H2,(H,14,15). The van der Waals surface area contributed by atoms with E-state index < -0.39 is 5.76 Å². The first-order valence-electron chi connectivity index (χ1n) is 5.32. The summed E-state index contributed by atoms with van der Waals surface area (Å²) in [5, 5.41) is 3.21. The van der Waals surface area contributed by atoms with Gasteiger partial charge in [-0.1, -0.05) is 6.07 Å². The van der Waals surface area contributed by atoms with Crippen molar-refractivity contribution in [2.75, 3.05) is 19.6 Å². The second-order valence-electron chi connectivity index (χ2n) is 3.63. The van der Waals surface area contributed by atoms with Crippen molar-refractivity contribution in [2.45, 2.75) is 6.42 Å². The van der Waals surface area contributed by atoms with Crippen LogP contribution in [-0.4, -0.2) is 24.6 Å². The minimum Gasteiger partial charge on any atom is -0.408 e. The monoisotopic (exact) mass is 221 g/mol. The van der Waals surface area contributed by atoms with Gasteiger partial charge >= 0.3 is 5.76 Å². The number of aromatic nitrogens is 1. The van der Waals surface area contributed by atoms with Gasteiger partial charge in [0, 0.05) is 13.1 Å². The fourth-order valence-electron chi connectivity index (χ4n) is 1.61. The van der Waals surface area contributed by atoms with Crippen LogP contribution >= 0.6 is 0 Å². The molecule has 0 fully saturated rings. The van der Waals surface area contributed by atoms with Crippen LogP contribution in [0.3, 0.4) is 0 Å². The minimum absolute atomic E-state index is 0.409. The summed E-state index contributed by atoms with van der Waals surface area (Å²) >= 11 is 0. The van der Waals surface area contributed by atoms with Crippen LogP contribution in [0.5, 0.6) is 0 Å². The number of oxazole rings is 1. The summed E-state index contributed by atoms with van der Waals surface area (Å²) < 4.78 is 4.98. The third-order valence-corrected chi connectivity index (χ3v) is 2.40. The van der Waals surface area contributed by atoms with E-state index in [1.54, 1.807) is 0 Å². The molecule has 0 aliphatic carbocycles. The molecular formula is C11H15N3O2. The number of fused-ring (bicyclic) bond motifs is 1. The molecule has 2 aromatic rings. The van der Waals surface area contributed by atoms with Crippen LogP contribution in [0.2, 0.25) is 0 Å². The zero-order valence-corrected chi connectivity index (χ0v) is 8.95. The number of benzene rings is 1. The fourth-order valence-corrected chi connectivity index (χ4v) is 1.61. The van der Waals surface area contributed by atoms with Gasteiger partial charge in [0.15, 0.2) is 5.58 Å². The minimum atomic E-state index is -0.409. The van der Waals surface area contributed by atoms with Gasteiger partial charge in [-0.3, -0.25) is 4.98 Å². The maximum atomic E-state index is 11.0. The highest BCUT2D eigenvalue weighted by Gasteiger charge is 2.01. The molecule has 0 amide bonds. The number of rotatable bonds is 5. The highest BCUT2D eigenvalue weighted by molar-refractivity contribution is 5.72. The van der Waals surface area contributed by atoms with E-state index in [1.807, 2.05) is 18.2 Å². The molecular weight excluding hydrogens is 206 g/mol. The maximum Gasteiger partial charge on any atom is 0.417 e. The molecule has 0 atom stereocenters. The molecule has 86 valence electrons. The average Bonchev–Trinajstić information content (AvgIpc) is 2.64. The second kappa shape index (κ2) is 4.96. The van der Waals surface area contributed by atoms with Gasteiger partial charge in [0.2, 0.25) is 0 Å². The van der Waals surface area contributed by atoms with E-state index in [0.717, 1.165) is 30.6 Å². The maximum absolute atomic E-state index is 11.0. The number of hydrogen-bond donors (Lipinski definition) is 3. The largest absolute Gasteiger partial charge is 0.417 e. The molecule has 0 aliphatic rings. The van der Waals surface area contributed by atoms with Crippen molar-refractivity contribution in [3.63, 3.8) is 0 Å². The number of H-pyrrole nitrogens is 1. The predicted octanol–water partition coefficient (Wildman–Crippen LogP) is 0.212. The number of nitrogens with one attached hydrogen (secondary N) is 2. The van der Waals surface area contributed by atoms with Gasteiger partial charge in [-0.15, -0.1) is 0 Å². The van der Waals surface area contributed by atoms with Crippen molar-refractivity contribution < 1.29 is 4.42 Å². The van der Waals surface area contributed by atoms with E-state index in [4.69, 9.17) is 10.2 Å². The van der Waals surface area contributed by atoms with Gasteiger partial charge in [-0.2, -0.15) is 0 Å². The van der Waals surface area contributed by atoms with Gasteiger partial charge in [0.1, 0.15) is 0 Å². The van der Waals surface area contributed by atoms with Crippen LogP contribution < -0.4 is 16.8 Å². The third kappa shape index (κ3) is 2.50. The van der Waals surface area contributed by atoms with Crippen LogP contribution in [0.15, 0.2) is 27.4 Å². The molecule has 0 unspecified atom stereocenters. The van der Waals surface area contributed by atoms with Crippen molar-refractivity contribution >= 4 is 11.1 Å². The lowest BCUT2D eigenvalue weighted by Gasteiger charge is -2.02. The second-order valence-corrected chi connectivity index (χ2v) is 3.63. The molecule has 16 heavy (non-hydrogen) atoms. The summed E-state index contributed by atoms with van der Waals surface area (Å²) in [5.74, 6) is -0.409. The average molecular weight is 221 g/mol. The quantitative estimate of drug-likeness (QED) is 0.630. The zero-order chi connectivity index (χ0) is 11.4. The van der Waals surface area contributed by atoms with Gasteiger partial charge in [-0.25, -0.2) is 4.79 Å². The van der Waals surface area contributed by atoms with Crippen LogP contribution in [0, 0.1) is 0 Å². The lowest BCUT2D eigenvalue weighted by atomic mass is 10.1. The third-order valence-electron chi connectivity index (χ3n) is 2.40.